The van der Waals surface area contributed by atoms with Crippen molar-refractivity contribution in [1.29, 1.82) is 0 Å². The summed E-state index contributed by atoms with van der Waals surface area (Å²) in [4.78, 5) is 62.4. The molecule has 1 aromatic rings. The summed E-state index contributed by atoms with van der Waals surface area (Å²) >= 11 is 0. The van der Waals surface area contributed by atoms with E-state index < -0.39 is 80.0 Å². The number of alkyl carbamates (subject to hydrolysis) is 1. The third kappa shape index (κ3) is 8.21. The van der Waals surface area contributed by atoms with Gasteiger partial charge in [0.2, 0.25) is 21.8 Å². The number of halogens is 1. The minimum absolute atomic E-state index is 0.0406. The number of rotatable bonds is 11. The zero-order valence-corrected chi connectivity index (χ0v) is 30.6. The fraction of sp³-hybridized carbons (Fsp3) is 0.639. The molecule has 1 saturated heterocycles. The highest BCUT2D eigenvalue weighted by Crippen LogP contribution is 2.45. The number of carbonyl (C=O) groups excluding carboxylic acids is 4. The summed E-state index contributed by atoms with van der Waals surface area (Å²) in [5, 5.41) is 9.16. The molecule has 3 N–H and O–H groups in total. The predicted octanol–water partition coefficient (Wildman–Crippen LogP) is 3.44. The smallest absolute Gasteiger partial charge is 0.408 e. The molecule has 0 aromatic heterocycles. The molecular weight excluding hydrogens is 697 g/mol. The van der Waals surface area contributed by atoms with E-state index in [1.165, 1.54) is 29.2 Å². The summed E-state index contributed by atoms with van der Waals surface area (Å²) in [5.74, 6) is -2.71. The van der Waals surface area contributed by atoms with Crippen molar-refractivity contribution >= 4 is 39.5 Å². The third-order valence-corrected chi connectivity index (χ3v) is 12.3. The fourth-order valence-electron chi connectivity index (χ4n) is 7.16. The standard InChI is InChI=1S/C36H48FN5O9S/c1-5-21-19-36(21,33(45)41-52(47,48)25-12-13-25)39-31(43)28-18-24(51-40-27-15-16-49-29-14-11-22(37)17-26(27)29)20-42(28)32(44)30(35(2,3)4)38-34(46)50-23-9-7-6-8-10-23/h5,11,14,17,21,23-25,28,30H,1,6-10,12-13,15-16,18-20H2,2-4H3,(H,38,46)(H,39,43)(H,41,45)/b40-27+/t21-,24-,28+,30-,36+/m1/s1. The summed E-state index contributed by atoms with van der Waals surface area (Å²) in [5.41, 5.74) is -1.53. The molecule has 0 radical (unpaired) electrons. The molecule has 6 rings (SSSR count). The second-order valence-electron chi connectivity index (χ2n) is 15.5. The monoisotopic (exact) mass is 745 g/mol. The van der Waals surface area contributed by atoms with Gasteiger partial charge in [-0.3, -0.25) is 19.1 Å². The zero-order chi connectivity index (χ0) is 37.4. The highest BCUT2D eigenvalue weighted by Gasteiger charge is 2.62. The minimum Gasteiger partial charge on any atom is -0.492 e. The van der Waals surface area contributed by atoms with Gasteiger partial charge in [0.15, 0.2) is 0 Å². The van der Waals surface area contributed by atoms with Crippen molar-refractivity contribution in [1.82, 2.24) is 20.3 Å². The molecule has 52 heavy (non-hydrogen) atoms. The number of amides is 4. The van der Waals surface area contributed by atoms with E-state index in [1.807, 2.05) is 0 Å². The average Bonchev–Trinajstić information content (AvgIpc) is 4.02. The molecule has 2 heterocycles. The lowest BCUT2D eigenvalue weighted by molar-refractivity contribution is -0.143. The van der Waals surface area contributed by atoms with Crippen molar-refractivity contribution in [2.24, 2.45) is 16.5 Å². The molecule has 3 saturated carbocycles. The van der Waals surface area contributed by atoms with Crippen LogP contribution in [0.2, 0.25) is 0 Å². The number of carbonyl (C=O) groups is 4. The fourth-order valence-corrected chi connectivity index (χ4v) is 8.53. The molecule has 5 aliphatic rings. The van der Waals surface area contributed by atoms with Gasteiger partial charge in [-0.25, -0.2) is 17.6 Å². The maximum atomic E-state index is 14.4. The van der Waals surface area contributed by atoms with E-state index in [2.05, 4.69) is 27.1 Å². The van der Waals surface area contributed by atoms with Gasteiger partial charge in [-0.2, -0.15) is 0 Å². The first kappa shape index (κ1) is 37.5. The first-order valence-corrected chi connectivity index (χ1v) is 19.6. The number of benzene rings is 1. The van der Waals surface area contributed by atoms with Crippen LogP contribution in [0.5, 0.6) is 5.75 Å². The second kappa shape index (κ2) is 14.7. The lowest BCUT2D eigenvalue weighted by Gasteiger charge is -2.35. The maximum Gasteiger partial charge on any atom is 0.408 e. The maximum absolute atomic E-state index is 14.4. The number of nitrogens with zero attached hydrogens (tertiary/aromatic N) is 2. The molecule has 5 atom stereocenters. The summed E-state index contributed by atoms with van der Waals surface area (Å²) in [7, 11) is -3.91. The first-order chi connectivity index (χ1) is 24.6. The average molecular weight is 746 g/mol. The molecule has 4 fully saturated rings. The van der Waals surface area contributed by atoms with Crippen LogP contribution in [0.15, 0.2) is 36.0 Å². The molecule has 0 unspecified atom stereocenters. The Morgan fingerprint density at radius 2 is 1.85 bits per heavy atom. The number of hydrogen-bond donors (Lipinski definition) is 3. The van der Waals surface area contributed by atoms with Gasteiger partial charge in [-0.15, -0.1) is 6.58 Å². The number of sulfonamides is 1. The predicted molar refractivity (Wildman–Crippen MR) is 187 cm³/mol. The normalized spacial score (nSPS) is 27.4. The van der Waals surface area contributed by atoms with Crippen molar-refractivity contribution in [3.63, 3.8) is 0 Å². The van der Waals surface area contributed by atoms with Crippen LogP contribution in [0.25, 0.3) is 0 Å². The van der Waals surface area contributed by atoms with Crippen LogP contribution in [0.4, 0.5) is 9.18 Å². The number of nitrogens with one attached hydrogen (secondary N) is 3. The molecule has 3 aliphatic carbocycles. The number of ether oxygens (including phenoxy) is 2. The summed E-state index contributed by atoms with van der Waals surface area (Å²) in [6, 6.07) is 1.78. The van der Waals surface area contributed by atoms with Gasteiger partial charge >= 0.3 is 6.09 Å². The molecule has 0 bridgehead atoms. The Kier molecular flexibility index (Phi) is 10.6. The lowest BCUT2D eigenvalue weighted by Crippen LogP contribution is -2.60. The van der Waals surface area contributed by atoms with Gasteiger partial charge in [-0.05, 0) is 68.6 Å². The van der Waals surface area contributed by atoms with Crippen molar-refractivity contribution < 1.29 is 46.3 Å². The summed E-state index contributed by atoms with van der Waals surface area (Å²) in [6.45, 7) is 9.28. The van der Waals surface area contributed by atoms with E-state index in [0.29, 0.717) is 42.9 Å². The molecule has 14 nitrogen and oxygen atoms in total. The Morgan fingerprint density at radius 3 is 2.50 bits per heavy atom. The van der Waals surface area contributed by atoms with Gasteiger partial charge < -0.3 is 29.8 Å². The molecule has 284 valence electrons. The number of hydrogen-bond acceptors (Lipinski definition) is 10. The van der Waals surface area contributed by atoms with Gasteiger partial charge in [0, 0.05) is 24.3 Å². The van der Waals surface area contributed by atoms with E-state index in [9.17, 15) is 32.0 Å². The summed E-state index contributed by atoms with van der Waals surface area (Å²) in [6.07, 6.45) is 5.44. The molecular formula is C36H48FN5O9S. The van der Waals surface area contributed by atoms with Crippen LogP contribution in [0.3, 0.4) is 0 Å². The Hall–Kier alpha value is -4.21. The largest absolute Gasteiger partial charge is 0.492 e. The second-order valence-corrected chi connectivity index (χ2v) is 17.5. The van der Waals surface area contributed by atoms with Gasteiger partial charge in [0.05, 0.1) is 24.1 Å². The van der Waals surface area contributed by atoms with Crippen LogP contribution in [0, 0.1) is 17.2 Å². The Balaban J connectivity index is 1.24. The van der Waals surface area contributed by atoms with Crippen LogP contribution >= 0.6 is 0 Å². The topological polar surface area (TPSA) is 182 Å². The molecule has 16 heteroatoms. The van der Waals surface area contributed by atoms with Crippen LogP contribution in [-0.4, -0.2) is 91.1 Å². The quantitative estimate of drug-likeness (QED) is 0.226. The highest BCUT2D eigenvalue weighted by atomic mass is 32.2. The number of fused-ring (bicyclic) bond motifs is 1. The van der Waals surface area contributed by atoms with E-state index in [4.69, 9.17) is 14.3 Å². The Bertz CT molecular complexity index is 1740. The van der Waals surface area contributed by atoms with Gasteiger partial charge in [-0.1, -0.05) is 38.4 Å². The van der Waals surface area contributed by atoms with Crippen LogP contribution in [0.1, 0.15) is 90.5 Å². The molecule has 2 aliphatic heterocycles. The third-order valence-electron chi connectivity index (χ3n) is 10.5. The van der Waals surface area contributed by atoms with Crippen molar-refractivity contribution in [2.75, 3.05) is 13.2 Å². The number of oxime groups is 1. The van der Waals surface area contributed by atoms with Crippen molar-refractivity contribution in [2.45, 2.75) is 120 Å². The lowest BCUT2D eigenvalue weighted by atomic mass is 9.85. The van der Waals surface area contributed by atoms with Gasteiger partial charge in [0.25, 0.3) is 5.91 Å². The van der Waals surface area contributed by atoms with Crippen LogP contribution in [-0.2, 0) is 34.0 Å². The van der Waals surface area contributed by atoms with Crippen molar-refractivity contribution in [3.05, 3.63) is 42.2 Å². The van der Waals surface area contributed by atoms with E-state index in [0.717, 1.165) is 32.1 Å². The van der Waals surface area contributed by atoms with E-state index >= 15 is 0 Å². The minimum atomic E-state index is -3.91. The molecule has 4 amide bonds. The Labute approximate surface area is 303 Å². The van der Waals surface area contributed by atoms with Gasteiger partial charge in [0.1, 0.15) is 41.4 Å². The SMILES string of the molecule is C=C[C@@H]1C[C@@]1(NC(=O)[C@@H]1C[C@@H](O/N=C2\CCOc3ccc(F)cc32)CN1C(=O)[C@@H](NC(=O)OC1CCCCC1)C(C)(C)C)C(=O)NS(=O)(=O)C1CC1. The van der Waals surface area contributed by atoms with E-state index in [1.54, 1.807) is 20.8 Å². The highest BCUT2D eigenvalue weighted by molar-refractivity contribution is 7.91. The summed E-state index contributed by atoms with van der Waals surface area (Å²) < 4.78 is 52.9. The van der Waals surface area contributed by atoms with Crippen LogP contribution < -0.4 is 20.1 Å². The molecule has 0 spiro atoms. The zero-order valence-electron chi connectivity index (χ0n) is 29.8. The molecule has 1 aromatic carbocycles. The number of likely N-dealkylation sites (tertiary alicyclic amines) is 1. The van der Waals surface area contributed by atoms with E-state index in [-0.39, 0.29) is 25.5 Å². The first-order valence-electron chi connectivity index (χ1n) is 18.0. The van der Waals surface area contributed by atoms with Crippen molar-refractivity contribution in [3.8, 4) is 5.75 Å². The Morgan fingerprint density at radius 1 is 1.12 bits per heavy atom.